The van der Waals surface area contributed by atoms with E-state index in [2.05, 4.69) is 20.5 Å². The van der Waals surface area contributed by atoms with Gasteiger partial charge in [0.1, 0.15) is 0 Å². The molecule has 3 N–H and O–H groups in total. The molecule has 0 spiro atoms. The van der Waals surface area contributed by atoms with Crippen LogP contribution in [0.2, 0.25) is 0 Å². The number of carboxylic acid groups (broad SMARTS) is 1. The predicted molar refractivity (Wildman–Crippen MR) is 138 cm³/mol. The van der Waals surface area contributed by atoms with Gasteiger partial charge < -0.3 is 25.1 Å². The Balaban J connectivity index is 1.22. The molecule has 1 aliphatic heterocycles. The molecule has 1 saturated carbocycles. The van der Waals surface area contributed by atoms with Gasteiger partial charge in [0, 0.05) is 42.5 Å². The zero-order chi connectivity index (χ0) is 26.7. The molecule has 7 nitrogen and oxygen atoms in total. The number of alkyl halides is 3. The molecule has 3 atom stereocenters. The summed E-state index contributed by atoms with van der Waals surface area (Å²) in [5, 5.41) is 16.5. The fraction of sp³-hybridized carbons (Fsp3) is 0.429. The van der Waals surface area contributed by atoms with E-state index < -0.39 is 17.7 Å². The van der Waals surface area contributed by atoms with Gasteiger partial charge in [-0.3, -0.25) is 0 Å². The largest absolute Gasteiger partial charge is 0.478 e. The first-order valence-electron chi connectivity index (χ1n) is 13.0. The average Bonchev–Trinajstić information content (AvgIpc) is 3.38. The molecule has 0 unspecified atom stereocenters. The third kappa shape index (κ3) is 6.12. The molecule has 0 radical (unpaired) electrons. The Bertz CT molecular complexity index is 1240. The van der Waals surface area contributed by atoms with Crippen LogP contribution in [-0.4, -0.2) is 47.3 Å². The highest BCUT2D eigenvalue weighted by molar-refractivity contribution is 5.89. The summed E-state index contributed by atoms with van der Waals surface area (Å²) < 4.78 is 44.8. The first-order chi connectivity index (χ1) is 18.3. The van der Waals surface area contributed by atoms with Crippen molar-refractivity contribution in [2.75, 3.05) is 23.3 Å². The zero-order valence-electron chi connectivity index (χ0n) is 20.9. The number of nitrogens with zero attached hydrogens (tertiary/aromatic N) is 2. The lowest BCUT2D eigenvalue weighted by atomic mass is 9.89. The Labute approximate surface area is 219 Å². The molecule has 2 aliphatic rings. The smallest absolute Gasteiger partial charge is 0.416 e. The lowest BCUT2D eigenvalue weighted by Gasteiger charge is -2.40. The summed E-state index contributed by atoms with van der Waals surface area (Å²) in [6.45, 7) is 1.55. The number of nitrogens with one attached hydrogen (secondary N) is 2. The zero-order valence-corrected chi connectivity index (χ0v) is 20.9. The second-order valence-corrected chi connectivity index (χ2v) is 10.1. The molecule has 0 bridgehead atoms. The van der Waals surface area contributed by atoms with Crippen LogP contribution < -0.4 is 15.5 Å². The highest BCUT2D eigenvalue weighted by Gasteiger charge is 2.32. The van der Waals surface area contributed by atoms with E-state index in [9.17, 15) is 23.1 Å². The van der Waals surface area contributed by atoms with Crippen molar-refractivity contribution >= 4 is 17.7 Å². The quantitative estimate of drug-likeness (QED) is 0.344. The maximum atomic E-state index is 12.9. The van der Waals surface area contributed by atoms with E-state index >= 15 is 0 Å². The maximum Gasteiger partial charge on any atom is 0.416 e. The van der Waals surface area contributed by atoms with Gasteiger partial charge >= 0.3 is 12.1 Å². The van der Waals surface area contributed by atoms with Gasteiger partial charge in [0.2, 0.25) is 0 Å². The minimum atomic E-state index is -4.33. The van der Waals surface area contributed by atoms with Gasteiger partial charge in [0.15, 0.2) is 5.76 Å². The van der Waals surface area contributed by atoms with Crippen LogP contribution in [0, 0.1) is 0 Å². The molecule has 0 amide bonds. The van der Waals surface area contributed by atoms with E-state index in [-0.39, 0.29) is 23.7 Å². The molecule has 2 fully saturated rings. The first-order valence-corrected chi connectivity index (χ1v) is 13.0. The van der Waals surface area contributed by atoms with Crippen LogP contribution in [-0.2, 0) is 6.18 Å². The van der Waals surface area contributed by atoms with E-state index in [4.69, 9.17) is 4.42 Å². The van der Waals surface area contributed by atoms with Gasteiger partial charge in [-0.05, 0) is 62.1 Å². The second kappa shape index (κ2) is 11.1. The van der Waals surface area contributed by atoms with Crippen molar-refractivity contribution in [1.29, 1.82) is 0 Å². The number of carboxylic acids is 1. The van der Waals surface area contributed by atoms with Crippen molar-refractivity contribution in [3.63, 3.8) is 0 Å². The molecule has 5 rings (SSSR count). The van der Waals surface area contributed by atoms with Crippen LogP contribution in [0.25, 0.3) is 11.3 Å². The molecule has 1 saturated heterocycles. The first kappa shape index (κ1) is 26.1. The number of rotatable bonds is 7. The molecular formula is C28H31F3N4O3. The topological polar surface area (TPSA) is 90.6 Å². The number of anilines is 2. The van der Waals surface area contributed by atoms with Crippen LogP contribution >= 0.6 is 0 Å². The number of aromatic carboxylic acids is 1. The van der Waals surface area contributed by atoms with Crippen LogP contribution in [0.5, 0.6) is 0 Å². The summed E-state index contributed by atoms with van der Waals surface area (Å²) in [5.74, 6) is -0.504. The SMILES string of the molecule is O=C(O)c1cccc(-c2cnc(N[C@@H]3CCCC[C@H]3N[C@H]3CCCN(c4ccc(C(F)(F)F)cc4)C3)o2)c1. The Morgan fingerprint density at radius 2 is 1.79 bits per heavy atom. The Morgan fingerprint density at radius 1 is 1.03 bits per heavy atom. The van der Waals surface area contributed by atoms with Gasteiger partial charge in [-0.15, -0.1) is 0 Å². The number of benzene rings is 2. The molecule has 1 aromatic heterocycles. The number of aromatic nitrogens is 1. The fourth-order valence-corrected chi connectivity index (χ4v) is 5.45. The van der Waals surface area contributed by atoms with Gasteiger partial charge in [-0.1, -0.05) is 25.0 Å². The van der Waals surface area contributed by atoms with Crippen LogP contribution in [0.3, 0.4) is 0 Å². The molecule has 10 heteroatoms. The lowest BCUT2D eigenvalue weighted by molar-refractivity contribution is -0.137. The van der Waals surface area contributed by atoms with Crippen molar-refractivity contribution in [2.24, 2.45) is 0 Å². The Morgan fingerprint density at radius 3 is 2.53 bits per heavy atom. The summed E-state index contributed by atoms with van der Waals surface area (Å²) in [7, 11) is 0. The van der Waals surface area contributed by atoms with Crippen molar-refractivity contribution in [3.8, 4) is 11.3 Å². The maximum absolute atomic E-state index is 12.9. The number of hydrogen-bond acceptors (Lipinski definition) is 6. The third-order valence-electron chi connectivity index (χ3n) is 7.41. The molecule has 3 aromatic rings. The standard InChI is InChI=1S/C28H31F3N4O3/c29-28(30,31)20-10-12-22(13-11-20)35-14-4-7-21(17-35)33-23-8-1-2-9-24(23)34-27-32-16-25(38-27)18-5-3-6-19(15-18)26(36)37/h3,5-6,10-13,15-16,21,23-24,33H,1-2,4,7-9,14,17H2,(H,32,34)(H,36,37)/t21-,23+,24+/m0/s1. The van der Waals surface area contributed by atoms with Gasteiger partial charge in [-0.25, -0.2) is 9.78 Å². The Kier molecular flexibility index (Phi) is 7.60. The number of halogens is 3. The highest BCUT2D eigenvalue weighted by atomic mass is 19.4. The minimum Gasteiger partial charge on any atom is -0.478 e. The summed E-state index contributed by atoms with van der Waals surface area (Å²) in [4.78, 5) is 17.8. The fourth-order valence-electron chi connectivity index (χ4n) is 5.45. The predicted octanol–water partition coefficient (Wildman–Crippen LogP) is 6.04. The number of oxazole rings is 1. The summed E-state index contributed by atoms with van der Waals surface area (Å²) in [6, 6.07) is 12.9. The van der Waals surface area contributed by atoms with Gasteiger partial charge in [-0.2, -0.15) is 13.2 Å². The summed E-state index contributed by atoms with van der Waals surface area (Å²) in [6.07, 6.45) is 3.39. The third-order valence-corrected chi connectivity index (χ3v) is 7.41. The molecule has 202 valence electrons. The van der Waals surface area contributed by atoms with Crippen molar-refractivity contribution in [1.82, 2.24) is 10.3 Å². The summed E-state index contributed by atoms with van der Waals surface area (Å²) in [5.41, 5.74) is 1.01. The number of piperidine rings is 1. The Hall–Kier alpha value is -3.53. The monoisotopic (exact) mass is 528 g/mol. The van der Waals surface area contributed by atoms with E-state index in [0.29, 0.717) is 17.3 Å². The number of hydrogen-bond donors (Lipinski definition) is 3. The minimum absolute atomic E-state index is 0.113. The van der Waals surface area contributed by atoms with Crippen LogP contribution in [0.1, 0.15) is 54.4 Å². The van der Waals surface area contributed by atoms with Crippen LogP contribution in [0.4, 0.5) is 24.9 Å². The normalized spacial score (nSPS) is 22.3. The summed E-state index contributed by atoms with van der Waals surface area (Å²) >= 11 is 0. The number of carbonyl (C=O) groups is 1. The van der Waals surface area contributed by atoms with E-state index in [1.54, 1.807) is 36.5 Å². The van der Waals surface area contributed by atoms with Crippen molar-refractivity contribution < 1.29 is 27.5 Å². The van der Waals surface area contributed by atoms with Gasteiger partial charge in [0.05, 0.1) is 17.3 Å². The van der Waals surface area contributed by atoms with Gasteiger partial charge in [0.25, 0.3) is 6.01 Å². The van der Waals surface area contributed by atoms with Crippen molar-refractivity contribution in [2.45, 2.75) is 62.8 Å². The van der Waals surface area contributed by atoms with Crippen molar-refractivity contribution in [3.05, 3.63) is 65.9 Å². The van der Waals surface area contributed by atoms with Crippen LogP contribution in [0.15, 0.2) is 59.1 Å². The molecular weight excluding hydrogens is 497 g/mol. The molecule has 2 aromatic carbocycles. The second-order valence-electron chi connectivity index (χ2n) is 10.1. The van der Waals surface area contributed by atoms with E-state index in [0.717, 1.165) is 69.4 Å². The lowest BCUT2D eigenvalue weighted by Crippen LogP contribution is -2.54. The average molecular weight is 529 g/mol. The van der Waals surface area contributed by atoms with E-state index in [1.807, 2.05) is 0 Å². The highest BCUT2D eigenvalue weighted by Crippen LogP contribution is 2.32. The van der Waals surface area contributed by atoms with E-state index in [1.165, 1.54) is 6.07 Å². The molecule has 38 heavy (non-hydrogen) atoms. The molecule has 2 heterocycles. The molecule has 1 aliphatic carbocycles.